The van der Waals surface area contributed by atoms with Crippen molar-refractivity contribution in [3.8, 4) is 17.3 Å². The summed E-state index contributed by atoms with van der Waals surface area (Å²) in [6, 6.07) is 9.77. The van der Waals surface area contributed by atoms with Gasteiger partial charge >= 0.3 is 0 Å². The molecule has 0 saturated heterocycles. The summed E-state index contributed by atoms with van der Waals surface area (Å²) in [4.78, 5) is 22.0. The van der Waals surface area contributed by atoms with Gasteiger partial charge < -0.3 is 18.9 Å². The van der Waals surface area contributed by atoms with E-state index in [0.29, 0.717) is 42.7 Å². The standard InChI is InChI=1S/C23H26N6O3/c1-15(2)29-14-24-26-22(29)18-5-4-6-21(25-18)28-13-16-11-19-20(12-17(16)23(28)30)32-10-8-27(19)7-9-31-3/h4-6,11-12,14-15H,7-10,13H2,1-3H3. The molecule has 0 bridgehead atoms. The second kappa shape index (κ2) is 8.23. The molecule has 166 valence electrons. The lowest BCUT2D eigenvalue weighted by atomic mass is 10.1. The number of anilines is 2. The molecule has 32 heavy (non-hydrogen) atoms. The highest BCUT2D eigenvalue weighted by Gasteiger charge is 2.33. The number of fused-ring (bicyclic) bond motifs is 2. The third-order valence-electron chi connectivity index (χ3n) is 5.88. The van der Waals surface area contributed by atoms with E-state index in [4.69, 9.17) is 14.5 Å². The first kappa shape index (κ1) is 20.4. The van der Waals surface area contributed by atoms with E-state index in [-0.39, 0.29) is 11.9 Å². The van der Waals surface area contributed by atoms with Crippen molar-refractivity contribution < 1.29 is 14.3 Å². The van der Waals surface area contributed by atoms with Crippen LogP contribution in [0, 0.1) is 0 Å². The maximum atomic E-state index is 13.3. The van der Waals surface area contributed by atoms with E-state index in [1.54, 1.807) is 18.3 Å². The predicted molar refractivity (Wildman–Crippen MR) is 120 cm³/mol. The number of rotatable bonds is 6. The number of hydrogen-bond donors (Lipinski definition) is 0. The SMILES string of the molecule is COCCN1CCOc2cc3c(cc21)CN(c1cccc(-c2nncn2C(C)C)n1)C3=O. The van der Waals surface area contributed by atoms with Crippen molar-refractivity contribution in [1.82, 2.24) is 19.7 Å². The third kappa shape index (κ3) is 3.48. The van der Waals surface area contributed by atoms with E-state index in [0.717, 1.165) is 30.1 Å². The summed E-state index contributed by atoms with van der Waals surface area (Å²) in [7, 11) is 1.70. The number of carbonyl (C=O) groups excluding carboxylic acids is 1. The molecule has 2 aromatic heterocycles. The van der Waals surface area contributed by atoms with Gasteiger partial charge in [0.25, 0.3) is 5.91 Å². The Morgan fingerprint density at radius 2 is 2.12 bits per heavy atom. The zero-order chi connectivity index (χ0) is 22.2. The van der Waals surface area contributed by atoms with Crippen molar-refractivity contribution in [2.24, 2.45) is 0 Å². The lowest BCUT2D eigenvalue weighted by molar-refractivity contribution is 0.0995. The fourth-order valence-corrected chi connectivity index (χ4v) is 4.20. The third-order valence-corrected chi connectivity index (χ3v) is 5.88. The molecule has 0 saturated carbocycles. The van der Waals surface area contributed by atoms with Gasteiger partial charge in [-0.05, 0) is 43.7 Å². The molecule has 0 N–H and O–H groups in total. The molecule has 5 rings (SSSR count). The minimum absolute atomic E-state index is 0.0737. The van der Waals surface area contributed by atoms with E-state index in [1.165, 1.54) is 0 Å². The Hall–Kier alpha value is -3.46. The first-order chi connectivity index (χ1) is 15.6. The molecule has 1 aromatic carbocycles. The van der Waals surface area contributed by atoms with Gasteiger partial charge in [0.15, 0.2) is 5.82 Å². The van der Waals surface area contributed by atoms with Crippen LogP contribution in [0.15, 0.2) is 36.7 Å². The average molecular weight is 435 g/mol. The minimum atomic E-state index is -0.0737. The molecule has 0 fully saturated rings. The number of methoxy groups -OCH3 is 1. The summed E-state index contributed by atoms with van der Waals surface area (Å²) >= 11 is 0. The van der Waals surface area contributed by atoms with Crippen LogP contribution in [0.25, 0.3) is 11.5 Å². The monoisotopic (exact) mass is 434 g/mol. The zero-order valence-corrected chi connectivity index (χ0v) is 18.5. The van der Waals surface area contributed by atoms with Crippen LogP contribution in [0.3, 0.4) is 0 Å². The van der Waals surface area contributed by atoms with E-state index >= 15 is 0 Å². The highest BCUT2D eigenvalue weighted by molar-refractivity contribution is 6.10. The molecule has 0 atom stereocenters. The summed E-state index contributed by atoms with van der Waals surface area (Å²) in [5.41, 5.74) is 3.33. The second-order valence-electron chi connectivity index (χ2n) is 8.23. The van der Waals surface area contributed by atoms with Crippen molar-refractivity contribution in [3.05, 3.63) is 47.8 Å². The van der Waals surface area contributed by atoms with Gasteiger partial charge in [-0.15, -0.1) is 10.2 Å². The lowest BCUT2D eigenvalue weighted by Crippen LogP contribution is -2.35. The molecule has 0 unspecified atom stereocenters. The molecular weight excluding hydrogens is 408 g/mol. The quantitative estimate of drug-likeness (QED) is 0.590. The van der Waals surface area contributed by atoms with Gasteiger partial charge in [-0.1, -0.05) is 6.07 Å². The fraction of sp³-hybridized carbons (Fsp3) is 0.391. The van der Waals surface area contributed by atoms with Gasteiger partial charge in [-0.2, -0.15) is 0 Å². The highest BCUT2D eigenvalue weighted by atomic mass is 16.5. The van der Waals surface area contributed by atoms with Crippen LogP contribution in [-0.2, 0) is 11.3 Å². The summed E-state index contributed by atoms with van der Waals surface area (Å²) in [6.45, 7) is 7.41. The Labute approximate surface area is 186 Å². The minimum Gasteiger partial charge on any atom is -0.490 e. The first-order valence-electron chi connectivity index (χ1n) is 10.8. The van der Waals surface area contributed by atoms with Crippen molar-refractivity contribution >= 4 is 17.4 Å². The number of hydrogen-bond acceptors (Lipinski definition) is 7. The smallest absolute Gasteiger partial charge is 0.260 e. The van der Waals surface area contributed by atoms with Crippen LogP contribution in [-0.4, -0.2) is 59.1 Å². The Morgan fingerprint density at radius 1 is 1.25 bits per heavy atom. The number of nitrogens with zero attached hydrogens (tertiary/aromatic N) is 6. The Balaban J connectivity index is 1.46. The molecule has 3 aromatic rings. The molecular formula is C23H26N6O3. The fourth-order valence-electron chi connectivity index (χ4n) is 4.20. The number of carbonyl (C=O) groups is 1. The van der Waals surface area contributed by atoms with Gasteiger partial charge in [-0.25, -0.2) is 4.98 Å². The van der Waals surface area contributed by atoms with Crippen molar-refractivity contribution in [3.63, 3.8) is 0 Å². The number of aromatic nitrogens is 4. The molecule has 0 radical (unpaired) electrons. The second-order valence-corrected chi connectivity index (χ2v) is 8.23. The van der Waals surface area contributed by atoms with Crippen LogP contribution in [0.5, 0.6) is 5.75 Å². The number of pyridine rings is 1. The van der Waals surface area contributed by atoms with Crippen LogP contribution < -0.4 is 14.5 Å². The van der Waals surface area contributed by atoms with Crippen molar-refractivity contribution in [2.45, 2.75) is 26.4 Å². The van der Waals surface area contributed by atoms with Gasteiger partial charge in [0.2, 0.25) is 0 Å². The van der Waals surface area contributed by atoms with Gasteiger partial charge in [0.1, 0.15) is 30.2 Å². The molecule has 4 heterocycles. The number of amides is 1. The Morgan fingerprint density at radius 3 is 2.94 bits per heavy atom. The lowest BCUT2D eigenvalue weighted by Gasteiger charge is -2.31. The molecule has 0 aliphatic carbocycles. The van der Waals surface area contributed by atoms with Gasteiger partial charge in [0.05, 0.1) is 25.4 Å². The van der Waals surface area contributed by atoms with Gasteiger partial charge in [0, 0.05) is 25.3 Å². The summed E-state index contributed by atoms with van der Waals surface area (Å²) in [5.74, 6) is 1.95. The Bertz CT molecular complexity index is 1160. The molecule has 2 aliphatic heterocycles. The maximum absolute atomic E-state index is 13.3. The average Bonchev–Trinajstić information content (AvgIpc) is 3.42. The molecule has 0 spiro atoms. The molecule has 9 nitrogen and oxygen atoms in total. The largest absolute Gasteiger partial charge is 0.490 e. The van der Waals surface area contributed by atoms with E-state index in [2.05, 4.69) is 35.0 Å². The van der Waals surface area contributed by atoms with Crippen molar-refractivity contribution in [2.75, 3.05) is 43.2 Å². The van der Waals surface area contributed by atoms with E-state index < -0.39 is 0 Å². The molecule has 2 aliphatic rings. The predicted octanol–water partition coefficient (Wildman–Crippen LogP) is 2.93. The number of ether oxygens (including phenoxy) is 2. The van der Waals surface area contributed by atoms with Crippen LogP contribution >= 0.6 is 0 Å². The summed E-state index contributed by atoms with van der Waals surface area (Å²) in [6.07, 6.45) is 1.70. The summed E-state index contributed by atoms with van der Waals surface area (Å²) in [5, 5.41) is 8.27. The highest BCUT2D eigenvalue weighted by Crippen LogP contribution is 2.38. The number of benzene rings is 1. The maximum Gasteiger partial charge on any atom is 0.260 e. The van der Waals surface area contributed by atoms with Crippen molar-refractivity contribution in [1.29, 1.82) is 0 Å². The van der Waals surface area contributed by atoms with Crippen LogP contribution in [0.2, 0.25) is 0 Å². The topological polar surface area (TPSA) is 85.6 Å². The van der Waals surface area contributed by atoms with E-state index in [9.17, 15) is 4.79 Å². The summed E-state index contributed by atoms with van der Waals surface area (Å²) < 4.78 is 13.1. The van der Waals surface area contributed by atoms with Crippen LogP contribution in [0.1, 0.15) is 35.8 Å². The normalized spacial score (nSPS) is 15.2. The molecule has 9 heteroatoms. The first-order valence-corrected chi connectivity index (χ1v) is 10.8. The Kier molecular flexibility index (Phi) is 5.26. The van der Waals surface area contributed by atoms with Gasteiger partial charge in [-0.3, -0.25) is 9.69 Å². The van der Waals surface area contributed by atoms with E-state index in [1.807, 2.05) is 28.8 Å². The molecule has 1 amide bonds. The zero-order valence-electron chi connectivity index (χ0n) is 18.5. The van der Waals surface area contributed by atoms with Crippen LogP contribution in [0.4, 0.5) is 11.5 Å².